The maximum atomic E-state index is 12.6. The van der Waals surface area contributed by atoms with E-state index >= 15 is 0 Å². The molecule has 1 N–H and O–H groups in total. The molecule has 35 heavy (non-hydrogen) atoms. The SMILES string of the molecule is COC(=O)c1ccc(N2CCN(CC(=O)NCc3ccc(C(=O)N4CCCC4)cc3)C(C)C2)cc1. The van der Waals surface area contributed by atoms with Gasteiger partial charge in [0.15, 0.2) is 0 Å². The molecule has 2 aromatic carbocycles. The van der Waals surface area contributed by atoms with Gasteiger partial charge in [-0.1, -0.05) is 12.1 Å². The van der Waals surface area contributed by atoms with Gasteiger partial charge in [-0.15, -0.1) is 0 Å². The Morgan fingerprint density at radius 2 is 1.57 bits per heavy atom. The highest BCUT2D eigenvalue weighted by Crippen LogP contribution is 2.20. The Kier molecular flexibility index (Phi) is 8.02. The van der Waals surface area contributed by atoms with Crippen LogP contribution in [0.2, 0.25) is 0 Å². The fourth-order valence-electron chi connectivity index (χ4n) is 4.70. The van der Waals surface area contributed by atoms with Crippen LogP contribution in [0.4, 0.5) is 5.69 Å². The molecule has 0 aromatic heterocycles. The third-order valence-electron chi connectivity index (χ3n) is 6.85. The molecule has 1 unspecified atom stereocenters. The first-order valence-corrected chi connectivity index (χ1v) is 12.3. The number of esters is 1. The molecule has 0 radical (unpaired) electrons. The van der Waals surface area contributed by atoms with Crippen molar-refractivity contribution in [3.8, 4) is 0 Å². The van der Waals surface area contributed by atoms with Gasteiger partial charge in [0.1, 0.15) is 0 Å². The smallest absolute Gasteiger partial charge is 0.337 e. The van der Waals surface area contributed by atoms with Crippen LogP contribution in [0.1, 0.15) is 46.0 Å². The van der Waals surface area contributed by atoms with Crippen molar-refractivity contribution < 1.29 is 19.1 Å². The zero-order chi connectivity index (χ0) is 24.8. The molecule has 2 heterocycles. The van der Waals surface area contributed by atoms with Crippen molar-refractivity contribution in [1.82, 2.24) is 15.1 Å². The van der Waals surface area contributed by atoms with Gasteiger partial charge in [-0.25, -0.2) is 4.79 Å². The van der Waals surface area contributed by atoms with Crippen molar-refractivity contribution >= 4 is 23.5 Å². The Bertz CT molecular complexity index is 1030. The molecule has 2 amide bonds. The van der Waals surface area contributed by atoms with Gasteiger partial charge in [0, 0.05) is 56.6 Å². The Hall–Kier alpha value is -3.39. The summed E-state index contributed by atoms with van der Waals surface area (Å²) in [5.41, 5.74) is 3.27. The van der Waals surface area contributed by atoms with Crippen molar-refractivity contribution in [2.45, 2.75) is 32.4 Å². The highest BCUT2D eigenvalue weighted by molar-refractivity contribution is 5.94. The summed E-state index contributed by atoms with van der Waals surface area (Å²) in [6.45, 7) is 6.98. The maximum Gasteiger partial charge on any atom is 0.337 e. The van der Waals surface area contributed by atoms with Crippen molar-refractivity contribution in [3.05, 3.63) is 65.2 Å². The summed E-state index contributed by atoms with van der Waals surface area (Å²) in [5.74, 6) is -0.261. The molecule has 1 atom stereocenters. The van der Waals surface area contributed by atoms with E-state index in [1.807, 2.05) is 41.3 Å². The van der Waals surface area contributed by atoms with E-state index in [9.17, 15) is 14.4 Å². The number of nitrogens with one attached hydrogen (secondary N) is 1. The van der Waals surface area contributed by atoms with E-state index in [1.165, 1.54) is 7.11 Å². The number of hydrogen-bond acceptors (Lipinski definition) is 6. The number of carbonyl (C=O) groups excluding carboxylic acids is 3. The first-order chi connectivity index (χ1) is 16.9. The van der Waals surface area contributed by atoms with Crippen LogP contribution >= 0.6 is 0 Å². The van der Waals surface area contributed by atoms with Gasteiger partial charge < -0.3 is 19.9 Å². The van der Waals surface area contributed by atoms with Crippen molar-refractivity contribution in [3.63, 3.8) is 0 Å². The second-order valence-corrected chi connectivity index (χ2v) is 9.28. The molecule has 2 aliphatic heterocycles. The zero-order valence-electron chi connectivity index (χ0n) is 20.5. The van der Waals surface area contributed by atoms with Gasteiger partial charge in [0.2, 0.25) is 5.91 Å². The number of nitrogens with zero attached hydrogens (tertiary/aromatic N) is 3. The lowest BCUT2D eigenvalue weighted by Crippen LogP contribution is -2.54. The van der Waals surface area contributed by atoms with Crippen molar-refractivity contribution in [1.29, 1.82) is 0 Å². The van der Waals surface area contributed by atoms with Crippen molar-refractivity contribution in [2.24, 2.45) is 0 Å². The van der Waals surface area contributed by atoms with Gasteiger partial charge in [-0.05, 0) is 61.7 Å². The quantitative estimate of drug-likeness (QED) is 0.616. The summed E-state index contributed by atoms with van der Waals surface area (Å²) in [6, 6.07) is 15.2. The standard InChI is InChI=1S/C27H34N4O4/c1-20-18-31(24-11-9-23(10-12-24)27(34)35-2)16-15-30(20)19-25(32)28-17-21-5-7-22(8-6-21)26(33)29-13-3-4-14-29/h5-12,20H,3-4,13-19H2,1-2H3,(H,28,32). The first-order valence-electron chi connectivity index (χ1n) is 12.3. The third kappa shape index (κ3) is 6.19. The Morgan fingerprint density at radius 3 is 2.20 bits per heavy atom. The molecule has 2 aromatic rings. The fraction of sp³-hybridized carbons (Fsp3) is 0.444. The minimum atomic E-state index is -0.340. The first kappa shape index (κ1) is 24.7. The van der Waals surface area contributed by atoms with E-state index in [0.29, 0.717) is 24.2 Å². The van der Waals surface area contributed by atoms with E-state index < -0.39 is 0 Å². The molecule has 2 aliphatic rings. The summed E-state index contributed by atoms with van der Waals surface area (Å²) >= 11 is 0. The maximum absolute atomic E-state index is 12.6. The molecule has 0 spiro atoms. The minimum Gasteiger partial charge on any atom is -0.465 e. The van der Waals surface area contributed by atoms with Crippen LogP contribution in [-0.4, -0.2) is 80.0 Å². The Morgan fingerprint density at radius 1 is 0.914 bits per heavy atom. The topological polar surface area (TPSA) is 82.2 Å². The van der Waals surface area contributed by atoms with Crippen LogP contribution in [0, 0.1) is 0 Å². The average Bonchev–Trinajstić information content (AvgIpc) is 3.43. The van der Waals surface area contributed by atoms with Crippen LogP contribution in [0.25, 0.3) is 0 Å². The van der Waals surface area contributed by atoms with E-state index in [-0.39, 0.29) is 23.8 Å². The highest BCUT2D eigenvalue weighted by Gasteiger charge is 2.25. The van der Waals surface area contributed by atoms with Crippen LogP contribution < -0.4 is 10.2 Å². The molecule has 0 aliphatic carbocycles. The molecule has 8 heteroatoms. The van der Waals surface area contributed by atoms with E-state index in [0.717, 1.165) is 56.8 Å². The normalized spacial score (nSPS) is 18.4. The number of amides is 2. The number of benzene rings is 2. The molecule has 186 valence electrons. The summed E-state index contributed by atoms with van der Waals surface area (Å²) in [6.07, 6.45) is 2.15. The lowest BCUT2D eigenvalue weighted by Gasteiger charge is -2.40. The molecule has 8 nitrogen and oxygen atoms in total. The van der Waals surface area contributed by atoms with E-state index in [1.54, 1.807) is 12.1 Å². The predicted molar refractivity (Wildman–Crippen MR) is 134 cm³/mol. The van der Waals surface area contributed by atoms with Gasteiger partial charge in [0.25, 0.3) is 5.91 Å². The zero-order valence-corrected chi connectivity index (χ0v) is 20.5. The second-order valence-electron chi connectivity index (χ2n) is 9.28. The monoisotopic (exact) mass is 478 g/mol. The minimum absolute atomic E-state index is 0.00931. The molecular weight excluding hydrogens is 444 g/mol. The Balaban J connectivity index is 1.22. The average molecular weight is 479 g/mol. The molecule has 4 rings (SSSR count). The third-order valence-corrected chi connectivity index (χ3v) is 6.85. The van der Waals surface area contributed by atoms with Gasteiger partial charge >= 0.3 is 5.97 Å². The summed E-state index contributed by atoms with van der Waals surface area (Å²) in [7, 11) is 1.38. The summed E-state index contributed by atoms with van der Waals surface area (Å²) in [5, 5.41) is 3.00. The van der Waals surface area contributed by atoms with E-state index in [2.05, 4.69) is 22.0 Å². The molecular formula is C27H34N4O4. The largest absolute Gasteiger partial charge is 0.465 e. The van der Waals surface area contributed by atoms with Gasteiger partial charge in [-0.2, -0.15) is 0 Å². The number of anilines is 1. The molecule has 0 saturated carbocycles. The Labute approximate surface area is 206 Å². The molecule has 2 saturated heterocycles. The number of hydrogen-bond donors (Lipinski definition) is 1. The number of likely N-dealkylation sites (tertiary alicyclic amines) is 1. The summed E-state index contributed by atoms with van der Waals surface area (Å²) < 4.78 is 4.76. The molecule has 2 fully saturated rings. The number of rotatable bonds is 7. The second kappa shape index (κ2) is 11.4. The molecule has 0 bridgehead atoms. The van der Waals surface area contributed by atoms with Crippen molar-refractivity contribution in [2.75, 3.05) is 51.3 Å². The highest BCUT2D eigenvalue weighted by atomic mass is 16.5. The van der Waals surface area contributed by atoms with Crippen LogP contribution in [-0.2, 0) is 16.1 Å². The van der Waals surface area contributed by atoms with Gasteiger partial charge in [-0.3, -0.25) is 14.5 Å². The van der Waals surface area contributed by atoms with Crippen LogP contribution in [0.5, 0.6) is 0 Å². The summed E-state index contributed by atoms with van der Waals surface area (Å²) in [4.78, 5) is 43.1. The van der Waals surface area contributed by atoms with Gasteiger partial charge in [0.05, 0.1) is 19.2 Å². The number of ether oxygens (including phenoxy) is 1. The van der Waals surface area contributed by atoms with Crippen LogP contribution in [0.15, 0.2) is 48.5 Å². The number of carbonyl (C=O) groups is 3. The fourth-order valence-corrected chi connectivity index (χ4v) is 4.70. The lowest BCUT2D eigenvalue weighted by atomic mass is 10.1. The van der Waals surface area contributed by atoms with E-state index in [4.69, 9.17) is 4.74 Å². The lowest BCUT2D eigenvalue weighted by molar-refractivity contribution is -0.123. The number of piperazine rings is 1. The predicted octanol–water partition coefficient (Wildman–Crippen LogP) is 2.54. The van der Waals surface area contributed by atoms with Crippen LogP contribution in [0.3, 0.4) is 0 Å². The number of methoxy groups -OCH3 is 1.